The molecule has 0 saturated heterocycles. The maximum absolute atomic E-state index is 12.3. The number of nitrogens with zero attached hydrogens (tertiary/aromatic N) is 1. The van der Waals surface area contributed by atoms with Crippen LogP contribution in [0.2, 0.25) is 15.1 Å². The van der Waals surface area contributed by atoms with E-state index in [2.05, 4.69) is 25.9 Å². The number of carbonyl (C=O) groups excluding carboxylic acids is 2. The number of hydrogen-bond acceptors (Lipinski definition) is 5. The molecule has 3 N–H and O–H groups in total. The highest BCUT2D eigenvalue weighted by Crippen LogP contribution is 2.35. The van der Waals surface area contributed by atoms with Crippen LogP contribution >= 0.6 is 34.8 Å². The Hall–Kier alpha value is -3.04. The molecule has 8 nitrogen and oxygen atoms in total. The van der Waals surface area contributed by atoms with Crippen molar-refractivity contribution < 1.29 is 19.2 Å². The molecular weight excluding hydrogens is 467 g/mol. The number of urea groups is 1. The molecule has 0 aliphatic carbocycles. The van der Waals surface area contributed by atoms with Gasteiger partial charge in [-0.15, -0.1) is 0 Å². The molecule has 3 amide bonds. The summed E-state index contributed by atoms with van der Waals surface area (Å²) in [7, 11) is 1.32. The Bertz CT molecular complexity index is 1130. The van der Waals surface area contributed by atoms with Gasteiger partial charge in [-0.25, -0.2) is 10.3 Å². The maximum Gasteiger partial charge on any atom is 0.323 e. The molecule has 31 heavy (non-hydrogen) atoms. The average molecular weight is 482 g/mol. The summed E-state index contributed by atoms with van der Waals surface area (Å²) in [6.07, 6.45) is 1.43. The molecule has 160 valence electrons. The quantitative estimate of drug-likeness (QED) is 0.306. The molecule has 3 aromatic rings. The minimum absolute atomic E-state index is 0.117. The number of rotatable bonds is 6. The van der Waals surface area contributed by atoms with Crippen molar-refractivity contribution in [2.75, 3.05) is 17.7 Å². The van der Waals surface area contributed by atoms with Gasteiger partial charge in [0.15, 0.2) is 0 Å². The van der Waals surface area contributed by atoms with Gasteiger partial charge >= 0.3 is 6.03 Å². The van der Waals surface area contributed by atoms with Gasteiger partial charge in [-0.2, -0.15) is 0 Å². The molecule has 0 radical (unpaired) electrons. The number of nitrogens with one attached hydrogen (secondary N) is 3. The number of anilines is 2. The summed E-state index contributed by atoms with van der Waals surface area (Å²) < 4.78 is 5.75. The Labute approximate surface area is 192 Å². The van der Waals surface area contributed by atoms with Crippen LogP contribution in [-0.4, -0.2) is 24.0 Å². The average Bonchev–Trinajstić information content (AvgIpc) is 2.75. The van der Waals surface area contributed by atoms with Gasteiger partial charge < -0.3 is 15.4 Å². The highest BCUT2D eigenvalue weighted by atomic mass is 35.5. The van der Waals surface area contributed by atoms with Gasteiger partial charge in [0.05, 0.1) is 27.9 Å². The fraction of sp³-hybridized carbons (Fsp3) is 0.0500. The SMILES string of the molecule is CONC(=O)c1cc(Oc2cccc(NC(=O)Nc3ccc(Cl)c(Cl)c3Cl)c2)ccn1. The first-order valence-electron chi connectivity index (χ1n) is 8.66. The van der Waals surface area contributed by atoms with E-state index in [4.69, 9.17) is 39.5 Å². The molecule has 1 aromatic heterocycles. The number of ether oxygens (including phenoxy) is 1. The van der Waals surface area contributed by atoms with Gasteiger partial charge in [0.1, 0.15) is 17.2 Å². The van der Waals surface area contributed by atoms with Crippen LogP contribution in [-0.2, 0) is 4.84 Å². The minimum atomic E-state index is -0.542. The second kappa shape index (κ2) is 10.3. The number of amides is 3. The smallest absolute Gasteiger partial charge is 0.323 e. The van der Waals surface area contributed by atoms with Gasteiger partial charge in [-0.05, 0) is 30.3 Å². The van der Waals surface area contributed by atoms with E-state index in [0.717, 1.165) is 0 Å². The summed E-state index contributed by atoms with van der Waals surface area (Å²) in [4.78, 5) is 32.7. The van der Waals surface area contributed by atoms with E-state index in [0.29, 0.717) is 22.9 Å². The number of hydroxylamine groups is 1. The van der Waals surface area contributed by atoms with Crippen molar-refractivity contribution in [3.8, 4) is 11.5 Å². The summed E-state index contributed by atoms with van der Waals surface area (Å²) in [5.41, 5.74) is 3.06. The fourth-order valence-corrected chi connectivity index (χ4v) is 3.01. The van der Waals surface area contributed by atoms with Gasteiger partial charge in [0, 0.05) is 24.0 Å². The molecular formula is C20H15Cl3N4O4. The van der Waals surface area contributed by atoms with Gasteiger partial charge in [0.2, 0.25) is 0 Å². The first-order valence-corrected chi connectivity index (χ1v) is 9.79. The van der Waals surface area contributed by atoms with Gasteiger partial charge in [0.25, 0.3) is 5.91 Å². The molecule has 0 fully saturated rings. The summed E-state index contributed by atoms with van der Waals surface area (Å²) in [5.74, 6) is 0.288. The fourth-order valence-electron chi connectivity index (χ4n) is 2.42. The van der Waals surface area contributed by atoms with Gasteiger partial charge in [-0.1, -0.05) is 40.9 Å². The van der Waals surface area contributed by atoms with Crippen LogP contribution in [0.1, 0.15) is 10.5 Å². The molecule has 0 aliphatic rings. The van der Waals surface area contributed by atoms with Crippen molar-refractivity contribution in [1.82, 2.24) is 10.5 Å². The zero-order valence-electron chi connectivity index (χ0n) is 15.9. The predicted octanol–water partition coefficient (Wildman–Crippen LogP) is 5.77. The van der Waals surface area contributed by atoms with Crippen LogP contribution in [0.3, 0.4) is 0 Å². The normalized spacial score (nSPS) is 10.3. The van der Waals surface area contributed by atoms with Crippen LogP contribution < -0.4 is 20.9 Å². The van der Waals surface area contributed by atoms with Crippen LogP contribution in [0.5, 0.6) is 11.5 Å². The number of aromatic nitrogens is 1. The van der Waals surface area contributed by atoms with Crippen molar-refractivity contribution in [1.29, 1.82) is 0 Å². The molecule has 0 unspecified atom stereocenters. The monoisotopic (exact) mass is 480 g/mol. The number of benzene rings is 2. The molecule has 0 aliphatic heterocycles. The zero-order chi connectivity index (χ0) is 22.4. The standard InChI is InChI=1S/C20H15Cl3N4O4/c1-30-27-19(28)16-10-13(7-8-24-16)31-12-4-2-3-11(9-12)25-20(29)26-15-6-5-14(21)17(22)18(15)23/h2-10H,1H3,(H,27,28)(H2,25,26,29). The lowest BCUT2D eigenvalue weighted by molar-refractivity contribution is 0.0532. The molecule has 2 aromatic carbocycles. The van der Waals surface area contributed by atoms with E-state index in [-0.39, 0.29) is 20.8 Å². The predicted molar refractivity (Wildman–Crippen MR) is 119 cm³/mol. The number of hydrogen-bond donors (Lipinski definition) is 3. The molecule has 0 bridgehead atoms. The lowest BCUT2D eigenvalue weighted by atomic mass is 10.3. The number of pyridine rings is 1. The van der Waals surface area contributed by atoms with Crippen LogP contribution in [0.25, 0.3) is 0 Å². The summed E-state index contributed by atoms with van der Waals surface area (Å²) >= 11 is 18.0. The molecule has 0 atom stereocenters. The Morgan fingerprint density at radius 2 is 1.71 bits per heavy atom. The summed E-state index contributed by atoms with van der Waals surface area (Å²) in [5, 5.41) is 5.82. The van der Waals surface area contributed by atoms with E-state index in [1.807, 2.05) is 0 Å². The van der Waals surface area contributed by atoms with E-state index < -0.39 is 11.9 Å². The van der Waals surface area contributed by atoms with Crippen molar-refractivity contribution >= 4 is 58.1 Å². The van der Waals surface area contributed by atoms with Crippen molar-refractivity contribution in [2.45, 2.75) is 0 Å². The van der Waals surface area contributed by atoms with E-state index in [1.54, 1.807) is 30.3 Å². The lowest BCUT2D eigenvalue weighted by Gasteiger charge is -2.12. The third kappa shape index (κ3) is 5.99. The molecule has 0 spiro atoms. The van der Waals surface area contributed by atoms with Crippen LogP contribution in [0, 0.1) is 0 Å². The highest BCUT2D eigenvalue weighted by molar-refractivity contribution is 6.49. The first kappa shape index (κ1) is 22.6. The second-order valence-corrected chi connectivity index (χ2v) is 7.11. The Kier molecular flexibility index (Phi) is 7.54. The van der Waals surface area contributed by atoms with E-state index >= 15 is 0 Å². The van der Waals surface area contributed by atoms with Crippen molar-refractivity contribution in [3.05, 3.63) is 75.5 Å². The summed E-state index contributed by atoms with van der Waals surface area (Å²) in [6.45, 7) is 0. The topological polar surface area (TPSA) is 102 Å². The molecule has 0 saturated carbocycles. The Morgan fingerprint density at radius 3 is 2.48 bits per heavy atom. The van der Waals surface area contributed by atoms with E-state index in [9.17, 15) is 9.59 Å². The van der Waals surface area contributed by atoms with Crippen molar-refractivity contribution in [3.63, 3.8) is 0 Å². The van der Waals surface area contributed by atoms with Crippen molar-refractivity contribution in [2.24, 2.45) is 0 Å². The van der Waals surface area contributed by atoms with Crippen LogP contribution in [0.4, 0.5) is 16.2 Å². The largest absolute Gasteiger partial charge is 0.457 e. The maximum atomic E-state index is 12.3. The first-order chi connectivity index (χ1) is 14.9. The second-order valence-electron chi connectivity index (χ2n) is 5.94. The minimum Gasteiger partial charge on any atom is -0.457 e. The molecule has 3 rings (SSSR count). The lowest BCUT2D eigenvalue weighted by Crippen LogP contribution is -2.22. The summed E-state index contributed by atoms with van der Waals surface area (Å²) in [6, 6.07) is 12.2. The Balaban J connectivity index is 1.68. The van der Waals surface area contributed by atoms with Crippen LogP contribution in [0.15, 0.2) is 54.7 Å². The molecule has 1 heterocycles. The Morgan fingerprint density at radius 1 is 0.935 bits per heavy atom. The number of halogens is 3. The van der Waals surface area contributed by atoms with E-state index in [1.165, 1.54) is 31.5 Å². The van der Waals surface area contributed by atoms with Gasteiger partial charge in [-0.3, -0.25) is 14.6 Å². The third-order valence-corrected chi connectivity index (χ3v) is 5.06. The molecule has 11 heteroatoms. The third-order valence-electron chi connectivity index (χ3n) is 3.77. The zero-order valence-corrected chi connectivity index (χ0v) is 18.2. The number of carbonyl (C=O) groups is 2. The highest BCUT2D eigenvalue weighted by Gasteiger charge is 2.12.